The van der Waals surface area contributed by atoms with E-state index in [2.05, 4.69) is 38.1 Å². The first-order valence-electron chi connectivity index (χ1n) is 13.8. The maximum absolute atomic E-state index is 7.22. The summed E-state index contributed by atoms with van der Waals surface area (Å²) in [6.45, 7) is 4.65. The van der Waals surface area contributed by atoms with Crippen LogP contribution in [-0.4, -0.2) is 5.38 Å². The van der Waals surface area contributed by atoms with Crippen LogP contribution in [-0.2, 0) is 6.42 Å². The van der Waals surface area contributed by atoms with Gasteiger partial charge in [-0.25, -0.2) is 0 Å². The standard InChI is InChI=1S/C30H47Cl/c1-3-5-6-7-24-8-12-26(13-9-24)27-14-10-25(11-15-27)23-28(31)30-20-17-29(16-4-2,18-21-30)19-22-30/h8-9,12-13,25,27-28H,3-7,10-11,14-23H2,1-2H3/t25-,27-,28?,29?,30?. The lowest BCUT2D eigenvalue weighted by molar-refractivity contribution is -0.0211. The molecule has 0 N–H and O–H groups in total. The van der Waals surface area contributed by atoms with Crippen LogP contribution >= 0.6 is 11.6 Å². The summed E-state index contributed by atoms with van der Waals surface area (Å²) in [7, 11) is 0. The normalized spacial score (nSPS) is 34.0. The van der Waals surface area contributed by atoms with Gasteiger partial charge in [-0.15, -0.1) is 11.6 Å². The molecule has 174 valence electrons. The van der Waals surface area contributed by atoms with E-state index in [-0.39, 0.29) is 0 Å². The zero-order chi connectivity index (χ0) is 21.7. The Kier molecular flexibility index (Phi) is 8.11. The van der Waals surface area contributed by atoms with E-state index in [1.54, 1.807) is 5.56 Å². The van der Waals surface area contributed by atoms with Crippen molar-refractivity contribution in [1.29, 1.82) is 0 Å². The maximum Gasteiger partial charge on any atom is 0.0395 e. The van der Waals surface area contributed by atoms with Crippen molar-refractivity contribution in [2.75, 3.05) is 0 Å². The Hall–Kier alpha value is -0.490. The molecule has 0 heterocycles. The summed E-state index contributed by atoms with van der Waals surface area (Å²) in [5.74, 6) is 1.65. The third-order valence-electron chi connectivity index (χ3n) is 9.81. The number of hydrogen-bond donors (Lipinski definition) is 0. The van der Waals surface area contributed by atoms with Gasteiger partial charge in [-0.05, 0) is 124 Å². The monoisotopic (exact) mass is 442 g/mol. The number of fused-ring (bicyclic) bond motifs is 3. The van der Waals surface area contributed by atoms with Crippen molar-refractivity contribution in [3.05, 3.63) is 35.4 Å². The number of halogens is 1. The molecule has 4 fully saturated rings. The largest absolute Gasteiger partial charge is 0.122 e. The van der Waals surface area contributed by atoms with Gasteiger partial charge in [-0.3, -0.25) is 0 Å². The fourth-order valence-corrected chi connectivity index (χ4v) is 8.06. The molecule has 1 unspecified atom stereocenters. The molecule has 4 aliphatic rings. The fraction of sp³-hybridized carbons (Fsp3) is 0.800. The van der Waals surface area contributed by atoms with E-state index in [0.717, 1.165) is 11.8 Å². The maximum atomic E-state index is 7.22. The Morgan fingerprint density at radius 3 is 2.06 bits per heavy atom. The van der Waals surface area contributed by atoms with E-state index >= 15 is 0 Å². The van der Waals surface area contributed by atoms with E-state index in [4.69, 9.17) is 11.6 Å². The fourth-order valence-electron chi connectivity index (χ4n) is 7.48. The molecule has 0 radical (unpaired) electrons. The molecule has 1 aromatic rings. The van der Waals surface area contributed by atoms with E-state index in [0.29, 0.717) is 16.2 Å². The average molecular weight is 443 g/mol. The van der Waals surface area contributed by atoms with Gasteiger partial charge >= 0.3 is 0 Å². The molecular weight excluding hydrogens is 396 g/mol. The van der Waals surface area contributed by atoms with Crippen molar-refractivity contribution in [2.24, 2.45) is 16.7 Å². The minimum atomic E-state index is 0.427. The van der Waals surface area contributed by atoms with Gasteiger partial charge in [-0.2, -0.15) is 0 Å². The summed E-state index contributed by atoms with van der Waals surface area (Å²) < 4.78 is 0. The summed E-state index contributed by atoms with van der Waals surface area (Å²) in [5.41, 5.74) is 4.31. The lowest BCUT2D eigenvalue weighted by Crippen LogP contribution is -2.46. The summed E-state index contributed by atoms with van der Waals surface area (Å²) in [6, 6.07) is 9.66. The first-order chi connectivity index (χ1) is 15.1. The molecule has 0 spiro atoms. The van der Waals surface area contributed by atoms with E-state index in [9.17, 15) is 0 Å². The van der Waals surface area contributed by atoms with Crippen molar-refractivity contribution in [3.63, 3.8) is 0 Å². The Morgan fingerprint density at radius 1 is 0.839 bits per heavy atom. The highest BCUT2D eigenvalue weighted by Gasteiger charge is 2.51. The molecule has 0 saturated heterocycles. The quantitative estimate of drug-likeness (QED) is 0.249. The Labute approximate surface area is 197 Å². The third kappa shape index (κ3) is 5.54. The Bertz CT molecular complexity index is 642. The van der Waals surface area contributed by atoms with Gasteiger partial charge in [0.05, 0.1) is 0 Å². The number of aryl methyl sites for hydroxylation is 1. The molecule has 5 rings (SSSR count). The van der Waals surface area contributed by atoms with Crippen LogP contribution in [0.15, 0.2) is 24.3 Å². The number of hydrogen-bond acceptors (Lipinski definition) is 0. The molecule has 1 heteroatoms. The molecule has 4 aliphatic carbocycles. The second kappa shape index (κ2) is 10.6. The zero-order valence-electron chi connectivity index (χ0n) is 20.4. The molecular formula is C30H47Cl. The van der Waals surface area contributed by atoms with Gasteiger partial charge in [0.1, 0.15) is 0 Å². The lowest BCUT2D eigenvalue weighted by Gasteiger charge is -2.56. The van der Waals surface area contributed by atoms with Crippen molar-refractivity contribution < 1.29 is 0 Å². The minimum absolute atomic E-state index is 0.427. The van der Waals surface area contributed by atoms with Crippen LogP contribution in [0.1, 0.15) is 134 Å². The summed E-state index contributed by atoms with van der Waals surface area (Å²) in [6.07, 6.45) is 23.5. The van der Waals surface area contributed by atoms with Crippen molar-refractivity contribution >= 4 is 11.6 Å². The summed E-state index contributed by atoms with van der Waals surface area (Å²) >= 11 is 7.22. The second-order valence-corrected chi connectivity index (χ2v) is 12.3. The van der Waals surface area contributed by atoms with Gasteiger partial charge in [0.2, 0.25) is 0 Å². The number of alkyl halides is 1. The van der Waals surface area contributed by atoms with Crippen molar-refractivity contribution in [2.45, 2.75) is 134 Å². The smallest absolute Gasteiger partial charge is 0.0395 e. The molecule has 2 bridgehead atoms. The van der Waals surface area contributed by atoms with Crippen LogP contribution in [0.3, 0.4) is 0 Å². The van der Waals surface area contributed by atoms with E-state index in [1.165, 1.54) is 115 Å². The molecule has 0 aromatic heterocycles. The van der Waals surface area contributed by atoms with Gasteiger partial charge in [-0.1, -0.05) is 57.4 Å². The number of unbranched alkanes of at least 4 members (excludes halogenated alkanes) is 2. The highest BCUT2D eigenvalue weighted by Crippen LogP contribution is 2.61. The van der Waals surface area contributed by atoms with Crippen LogP contribution in [0.5, 0.6) is 0 Å². The Morgan fingerprint density at radius 2 is 1.48 bits per heavy atom. The van der Waals surface area contributed by atoms with Gasteiger partial charge < -0.3 is 0 Å². The average Bonchev–Trinajstić information content (AvgIpc) is 2.81. The van der Waals surface area contributed by atoms with Crippen LogP contribution < -0.4 is 0 Å². The van der Waals surface area contributed by atoms with Crippen LogP contribution in [0.2, 0.25) is 0 Å². The highest BCUT2D eigenvalue weighted by atomic mass is 35.5. The van der Waals surface area contributed by atoms with Gasteiger partial charge in [0, 0.05) is 5.38 Å². The molecule has 1 atom stereocenters. The molecule has 0 aliphatic heterocycles. The zero-order valence-corrected chi connectivity index (χ0v) is 21.2. The van der Waals surface area contributed by atoms with Crippen LogP contribution in [0, 0.1) is 16.7 Å². The number of rotatable bonds is 10. The molecule has 31 heavy (non-hydrogen) atoms. The second-order valence-electron chi connectivity index (χ2n) is 11.7. The van der Waals surface area contributed by atoms with Crippen LogP contribution in [0.4, 0.5) is 0 Å². The molecule has 0 nitrogen and oxygen atoms in total. The topological polar surface area (TPSA) is 0 Å². The highest BCUT2D eigenvalue weighted by molar-refractivity contribution is 6.21. The van der Waals surface area contributed by atoms with Crippen molar-refractivity contribution in [3.8, 4) is 0 Å². The van der Waals surface area contributed by atoms with Gasteiger partial charge in [0.25, 0.3) is 0 Å². The molecule has 4 saturated carbocycles. The van der Waals surface area contributed by atoms with Gasteiger partial charge in [0.15, 0.2) is 0 Å². The lowest BCUT2D eigenvalue weighted by atomic mass is 9.51. The van der Waals surface area contributed by atoms with E-state index in [1.807, 2.05) is 0 Å². The summed E-state index contributed by atoms with van der Waals surface area (Å²) in [4.78, 5) is 0. The summed E-state index contributed by atoms with van der Waals surface area (Å²) in [5, 5.41) is 0.427. The number of benzene rings is 1. The third-order valence-corrected chi connectivity index (χ3v) is 10.5. The predicted molar refractivity (Wildman–Crippen MR) is 136 cm³/mol. The van der Waals surface area contributed by atoms with Crippen LogP contribution in [0.25, 0.3) is 0 Å². The predicted octanol–water partition coefficient (Wildman–Crippen LogP) is 9.83. The molecule has 1 aromatic carbocycles. The minimum Gasteiger partial charge on any atom is -0.122 e. The molecule has 0 amide bonds. The first-order valence-corrected chi connectivity index (χ1v) is 14.2. The SMILES string of the molecule is CCCCCc1ccc([C@H]2CC[C@H](CC(Cl)C34CCC(CCC)(CC3)CC4)CC2)cc1. The first kappa shape index (κ1) is 23.7. The van der Waals surface area contributed by atoms with Crippen molar-refractivity contribution in [1.82, 2.24) is 0 Å². The Balaban J connectivity index is 1.23. The van der Waals surface area contributed by atoms with E-state index < -0.39 is 0 Å².